The molecule has 0 unspecified atom stereocenters. The molecule has 0 heterocycles. The van der Waals surface area contributed by atoms with Crippen LogP contribution in [-0.4, -0.2) is 33.7 Å². The molecule has 1 aromatic rings. The fraction of sp³-hybridized carbons (Fsp3) is 0.417. The van der Waals surface area contributed by atoms with Crippen LogP contribution in [-0.2, 0) is 10.0 Å². The summed E-state index contributed by atoms with van der Waals surface area (Å²) < 4.78 is 25.1. The Balaban J connectivity index is 2.86. The van der Waals surface area contributed by atoms with Crippen LogP contribution < -0.4 is 9.62 Å². The normalized spacial score (nSPS) is 11.4. The number of hydrogen-bond donors (Lipinski definition) is 1. The Morgan fingerprint density at radius 2 is 1.67 bits per heavy atom. The van der Waals surface area contributed by atoms with Crippen LogP contribution >= 0.6 is 0 Å². The van der Waals surface area contributed by atoms with Crippen molar-refractivity contribution in [3.05, 3.63) is 29.8 Å². The second-order valence-electron chi connectivity index (χ2n) is 4.47. The van der Waals surface area contributed by atoms with Crippen molar-refractivity contribution in [2.45, 2.75) is 19.1 Å². The molecule has 5 nitrogen and oxygen atoms in total. The van der Waals surface area contributed by atoms with Gasteiger partial charge in [-0.1, -0.05) is 0 Å². The van der Waals surface area contributed by atoms with E-state index in [2.05, 4.69) is 0 Å². The van der Waals surface area contributed by atoms with Gasteiger partial charge in [-0.25, -0.2) is 13.1 Å². The summed E-state index contributed by atoms with van der Waals surface area (Å²) in [7, 11) is 0.192. The van der Waals surface area contributed by atoms with Crippen LogP contribution in [0.1, 0.15) is 24.2 Å². The number of anilines is 1. The summed E-state index contributed by atoms with van der Waals surface area (Å²) >= 11 is 0. The summed E-state index contributed by atoms with van der Waals surface area (Å²) in [5.41, 5.74) is 1.27. The van der Waals surface area contributed by atoms with Crippen LogP contribution in [0.3, 0.4) is 0 Å². The van der Waals surface area contributed by atoms with Gasteiger partial charge >= 0.3 is 0 Å². The Labute approximate surface area is 108 Å². The minimum atomic E-state index is -3.58. The maximum Gasteiger partial charge on any atom is 0.264 e. The van der Waals surface area contributed by atoms with Gasteiger partial charge in [0.2, 0.25) is 10.0 Å². The van der Waals surface area contributed by atoms with E-state index in [4.69, 9.17) is 0 Å². The van der Waals surface area contributed by atoms with Crippen molar-refractivity contribution in [2.24, 2.45) is 0 Å². The van der Waals surface area contributed by atoms with Crippen LogP contribution in [0, 0.1) is 0 Å². The molecule has 0 bridgehead atoms. The van der Waals surface area contributed by atoms with Gasteiger partial charge in [-0.2, -0.15) is 0 Å². The summed E-state index contributed by atoms with van der Waals surface area (Å²) in [6.45, 7) is 3.04. The van der Waals surface area contributed by atoms with E-state index >= 15 is 0 Å². The van der Waals surface area contributed by atoms with Gasteiger partial charge in [-0.3, -0.25) is 4.79 Å². The molecule has 1 N–H and O–H groups in total. The van der Waals surface area contributed by atoms with E-state index in [1.807, 2.05) is 23.7 Å². The molecular formula is C12H18N2O3S. The molecule has 6 heteroatoms. The molecule has 0 saturated carbocycles. The summed E-state index contributed by atoms with van der Waals surface area (Å²) in [5, 5.41) is -0.637. The van der Waals surface area contributed by atoms with Crippen molar-refractivity contribution in [3.8, 4) is 0 Å². The molecule has 0 fully saturated rings. The van der Waals surface area contributed by atoms with Gasteiger partial charge in [0.1, 0.15) is 0 Å². The molecule has 0 aromatic heterocycles. The first-order valence-electron chi connectivity index (χ1n) is 5.57. The molecule has 0 atom stereocenters. The van der Waals surface area contributed by atoms with Crippen LogP contribution in [0.5, 0.6) is 0 Å². The third-order valence-electron chi connectivity index (χ3n) is 2.50. The molecule has 0 saturated heterocycles. The van der Waals surface area contributed by atoms with Crippen LogP contribution in [0.15, 0.2) is 24.3 Å². The quantitative estimate of drug-likeness (QED) is 0.893. The predicted molar refractivity (Wildman–Crippen MR) is 72.3 cm³/mol. The fourth-order valence-corrected chi connectivity index (χ4v) is 1.83. The SMILES string of the molecule is CC(C)S(=O)(=O)NC(=O)c1ccc(N(C)C)cc1. The second-order valence-corrected chi connectivity index (χ2v) is 6.70. The Hall–Kier alpha value is -1.56. The monoisotopic (exact) mass is 270 g/mol. The first-order valence-corrected chi connectivity index (χ1v) is 7.12. The summed E-state index contributed by atoms with van der Waals surface area (Å²) in [5.74, 6) is -0.603. The largest absolute Gasteiger partial charge is 0.378 e. The number of carbonyl (C=O) groups is 1. The van der Waals surface area contributed by atoms with E-state index in [0.717, 1.165) is 5.69 Å². The third-order valence-corrected chi connectivity index (χ3v) is 4.21. The third kappa shape index (κ3) is 3.46. The van der Waals surface area contributed by atoms with Crippen molar-refractivity contribution < 1.29 is 13.2 Å². The molecule has 1 rings (SSSR count). The highest BCUT2D eigenvalue weighted by molar-refractivity contribution is 7.90. The highest BCUT2D eigenvalue weighted by atomic mass is 32.2. The van der Waals surface area contributed by atoms with Crippen molar-refractivity contribution in [3.63, 3.8) is 0 Å². The molecular weight excluding hydrogens is 252 g/mol. The minimum absolute atomic E-state index is 0.324. The smallest absolute Gasteiger partial charge is 0.264 e. The number of amides is 1. The average molecular weight is 270 g/mol. The Morgan fingerprint density at radius 1 is 1.17 bits per heavy atom. The molecule has 0 aliphatic heterocycles. The lowest BCUT2D eigenvalue weighted by molar-refractivity contribution is 0.0981. The molecule has 0 spiro atoms. The van der Waals surface area contributed by atoms with Gasteiger partial charge in [0, 0.05) is 25.3 Å². The number of benzene rings is 1. The predicted octanol–water partition coefficient (Wildman–Crippen LogP) is 1.22. The average Bonchev–Trinajstić information content (AvgIpc) is 2.28. The lowest BCUT2D eigenvalue weighted by atomic mass is 10.2. The van der Waals surface area contributed by atoms with Crippen LogP contribution in [0.4, 0.5) is 5.69 Å². The second kappa shape index (κ2) is 5.39. The van der Waals surface area contributed by atoms with Gasteiger partial charge in [0.25, 0.3) is 5.91 Å². The highest BCUT2D eigenvalue weighted by Crippen LogP contribution is 2.12. The first-order chi connectivity index (χ1) is 8.24. The molecule has 1 aromatic carbocycles. The van der Waals surface area contributed by atoms with Gasteiger partial charge in [-0.05, 0) is 38.1 Å². The van der Waals surface area contributed by atoms with Crippen LogP contribution in [0.2, 0.25) is 0 Å². The number of carbonyl (C=O) groups excluding carboxylic acids is 1. The summed E-state index contributed by atoms with van der Waals surface area (Å²) in [4.78, 5) is 13.6. The van der Waals surface area contributed by atoms with E-state index in [0.29, 0.717) is 5.56 Å². The lowest BCUT2D eigenvalue weighted by Gasteiger charge is -2.13. The topological polar surface area (TPSA) is 66.5 Å². The summed E-state index contributed by atoms with van der Waals surface area (Å²) in [6, 6.07) is 6.72. The van der Waals surface area contributed by atoms with Gasteiger partial charge in [0.05, 0.1) is 5.25 Å². The number of nitrogens with zero attached hydrogens (tertiary/aromatic N) is 1. The molecule has 0 aliphatic carbocycles. The van der Waals surface area contributed by atoms with Crippen molar-refractivity contribution in [1.29, 1.82) is 0 Å². The number of rotatable bonds is 4. The van der Waals surface area contributed by atoms with E-state index in [9.17, 15) is 13.2 Å². The molecule has 0 aliphatic rings. The van der Waals surface area contributed by atoms with Crippen molar-refractivity contribution >= 4 is 21.6 Å². The zero-order valence-electron chi connectivity index (χ0n) is 11.0. The molecule has 100 valence electrons. The maximum atomic E-state index is 11.7. The Morgan fingerprint density at radius 3 is 2.06 bits per heavy atom. The standard InChI is InChI=1S/C12H18N2O3S/c1-9(2)18(16,17)13-12(15)10-5-7-11(8-6-10)14(3)4/h5-9H,1-4H3,(H,13,15). The van der Waals surface area contributed by atoms with E-state index in [1.165, 1.54) is 13.8 Å². The van der Waals surface area contributed by atoms with Crippen molar-refractivity contribution in [1.82, 2.24) is 4.72 Å². The van der Waals surface area contributed by atoms with E-state index in [-0.39, 0.29) is 0 Å². The number of nitrogens with one attached hydrogen (secondary N) is 1. The Bertz CT molecular complexity index is 519. The lowest BCUT2D eigenvalue weighted by Crippen LogP contribution is -2.35. The highest BCUT2D eigenvalue weighted by Gasteiger charge is 2.19. The maximum absolute atomic E-state index is 11.7. The zero-order chi connectivity index (χ0) is 13.9. The summed E-state index contributed by atoms with van der Waals surface area (Å²) in [6.07, 6.45) is 0. The number of hydrogen-bond acceptors (Lipinski definition) is 4. The molecule has 18 heavy (non-hydrogen) atoms. The van der Waals surface area contributed by atoms with E-state index < -0.39 is 21.2 Å². The van der Waals surface area contributed by atoms with Gasteiger partial charge < -0.3 is 4.90 Å². The zero-order valence-corrected chi connectivity index (χ0v) is 11.8. The van der Waals surface area contributed by atoms with Crippen LogP contribution in [0.25, 0.3) is 0 Å². The number of sulfonamides is 1. The van der Waals surface area contributed by atoms with E-state index in [1.54, 1.807) is 24.3 Å². The Kier molecular flexibility index (Phi) is 4.34. The fourth-order valence-electron chi connectivity index (χ4n) is 1.22. The van der Waals surface area contributed by atoms with Gasteiger partial charge in [0.15, 0.2) is 0 Å². The van der Waals surface area contributed by atoms with Crippen molar-refractivity contribution in [2.75, 3.05) is 19.0 Å². The minimum Gasteiger partial charge on any atom is -0.378 e. The molecule has 0 radical (unpaired) electrons. The van der Waals surface area contributed by atoms with Gasteiger partial charge in [-0.15, -0.1) is 0 Å². The first kappa shape index (κ1) is 14.5. The molecule has 1 amide bonds.